The molecule has 0 bridgehead atoms. The summed E-state index contributed by atoms with van der Waals surface area (Å²) >= 11 is 0. The number of hydrogen-bond acceptors (Lipinski definition) is 2. The first-order valence-corrected chi connectivity index (χ1v) is 5.95. The number of nitrogens with one attached hydrogen (secondary N) is 2. The van der Waals surface area contributed by atoms with Crippen molar-refractivity contribution in [2.45, 2.75) is 12.3 Å². The number of benzene rings is 1. The van der Waals surface area contributed by atoms with Crippen LogP contribution in [-0.2, 0) is 0 Å². The Kier molecular flexibility index (Phi) is 2.83. The van der Waals surface area contributed by atoms with Crippen molar-refractivity contribution >= 4 is 0 Å². The van der Waals surface area contributed by atoms with E-state index < -0.39 is 11.6 Å². The fourth-order valence-corrected chi connectivity index (χ4v) is 2.24. The van der Waals surface area contributed by atoms with Gasteiger partial charge in [-0.2, -0.15) is 0 Å². The number of imidazole rings is 1. The average Bonchev–Trinajstić information content (AvgIpc) is 3.01. The molecular weight excluding hydrogens is 236 g/mol. The minimum atomic E-state index is -0.841. The van der Waals surface area contributed by atoms with Gasteiger partial charge in [0.05, 0.1) is 11.9 Å². The third-order valence-electron chi connectivity index (χ3n) is 3.27. The molecule has 0 aliphatic carbocycles. The van der Waals surface area contributed by atoms with Gasteiger partial charge in [-0.25, -0.2) is 13.8 Å². The second-order valence-electron chi connectivity index (χ2n) is 4.50. The Hall–Kier alpha value is -1.75. The van der Waals surface area contributed by atoms with Crippen LogP contribution in [0, 0.1) is 11.6 Å². The standard InChI is InChI=1S/C13H13F2N3/c14-10-2-1-8(5-11(10)15)12-7-17-13(18-12)9-3-4-16-6-9/h1-2,5,7,9,16H,3-4,6H2,(H,17,18). The quantitative estimate of drug-likeness (QED) is 0.858. The van der Waals surface area contributed by atoms with Crippen LogP contribution in [0.4, 0.5) is 8.78 Å². The first-order chi connectivity index (χ1) is 8.74. The average molecular weight is 249 g/mol. The Morgan fingerprint density at radius 1 is 1.22 bits per heavy atom. The van der Waals surface area contributed by atoms with E-state index >= 15 is 0 Å². The molecule has 1 aromatic carbocycles. The molecule has 1 fully saturated rings. The highest BCUT2D eigenvalue weighted by atomic mass is 19.2. The van der Waals surface area contributed by atoms with E-state index in [1.54, 1.807) is 12.3 Å². The molecule has 1 saturated heterocycles. The lowest BCUT2D eigenvalue weighted by Crippen LogP contribution is -2.08. The normalized spacial score (nSPS) is 19.3. The zero-order valence-corrected chi connectivity index (χ0v) is 9.71. The van der Waals surface area contributed by atoms with E-state index in [-0.39, 0.29) is 0 Å². The molecule has 1 atom stereocenters. The molecule has 0 amide bonds. The number of aromatic amines is 1. The van der Waals surface area contributed by atoms with Gasteiger partial charge in [-0.05, 0) is 31.2 Å². The number of hydrogen-bond donors (Lipinski definition) is 2. The summed E-state index contributed by atoms with van der Waals surface area (Å²) in [7, 11) is 0. The molecule has 0 spiro atoms. The lowest BCUT2D eigenvalue weighted by Gasteiger charge is -2.03. The molecule has 2 N–H and O–H groups in total. The van der Waals surface area contributed by atoms with Gasteiger partial charge in [0.2, 0.25) is 0 Å². The summed E-state index contributed by atoms with van der Waals surface area (Å²) in [5.74, 6) is -0.395. The van der Waals surface area contributed by atoms with Gasteiger partial charge in [-0.1, -0.05) is 0 Å². The van der Waals surface area contributed by atoms with Crippen molar-refractivity contribution in [1.82, 2.24) is 15.3 Å². The van der Waals surface area contributed by atoms with E-state index in [1.165, 1.54) is 6.07 Å². The Labute approximate surface area is 103 Å². The van der Waals surface area contributed by atoms with Crippen molar-refractivity contribution in [2.24, 2.45) is 0 Å². The van der Waals surface area contributed by atoms with Crippen LogP contribution in [0.2, 0.25) is 0 Å². The Bertz CT molecular complexity index is 559. The molecule has 1 aromatic heterocycles. The van der Waals surface area contributed by atoms with E-state index in [1.807, 2.05) is 0 Å². The number of nitrogens with zero attached hydrogens (tertiary/aromatic N) is 1. The molecule has 1 aliphatic rings. The molecule has 0 saturated carbocycles. The van der Waals surface area contributed by atoms with Gasteiger partial charge in [0, 0.05) is 18.0 Å². The van der Waals surface area contributed by atoms with Crippen molar-refractivity contribution in [3.05, 3.63) is 41.9 Å². The molecule has 2 heterocycles. The highest BCUT2D eigenvalue weighted by molar-refractivity contribution is 5.58. The second-order valence-corrected chi connectivity index (χ2v) is 4.50. The highest BCUT2D eigenvalue weighted by Crippen LogP contribution is 2.24. The molecule has 3 nitrogen and oxygen atoms in total. The molecule has 2 aromatic rings. The zero-order chi connectivity index (χ0) is 12.5. The van der Waals surface area contributed by atoms with Crippen LogP contribution < -0.4 is 5.32 Å². The SMILES string of the molecule is Fc1ccc(-c2cnc(C3CCNC3)[nH]2)cc1F. The summed E-state index contributed by atoms with van der Waals surface area (Å²) in [5.41, 5.74) is 1.33. The largest absolute Gasteiger partial charge is 0.342 e. The van der Waals surface area contributed by atoms with Crippen LogP contribution in [0.15, 0.2) is 24.4 Å². The van der Waals surface area contributed by atoms with Gasteiger partial charge < -0.3 is 10.3 Å². The van der Waals surface area contributed by atoms with Gasteiger partial charge >= 0.3 is 0 Å². The molecule has 18 heavy (non-hydrogen) atoms. The maximum Gasteiger partial charge on any atom is 0.159 e. The van der Waals surface area contributed by atoms with E-state index in [2.05, 4.69) is 15.3 Å². The summed E-state index contributed by atoms with van der Waals surface area (Å²) < 4.78 is 26.0. The van der Waals surface area contributed by atoms with Crippen LogP contribution in [0.5, 0.6) is 0 Å². The van der Waals surface area contributed by atoms with E-state index in [0.717, 1.165) is 37.1 Å². The highest BCUT2D eigenvalue weighted by Gasteiger charge is 2.19. The van der Waals surface area contributed by atoms with Crippen LogP contribution in [-0.4, -0.2) is 23.1 Å². The Balaban J connectivity index is 1.89. The van der Waals surface area contributed by atoms with Crippen molar-refractivity contribution < 1.29 is 8.78 Å². The molecule has 0 radical (unpaired) electrons. The molecular formula is C13H13F2N3. The number of rotatable bonds is 2. The lowest BCUT2D eigenvalue weighted by molar-refractivity contribution is 0.509. The van der Waals surface area contributed by atoms with Crippen molar-refractivity contribution in [3.8, 4) is 11.3 Å². The van der Waals surface area contributed by atoms with Crippen LogP contribution in [0.25, 0.3) is 11.3 Å². The van der Waals surface area contributed by atoms with Crippen LogP contribution in [0.1, 0.15) is 18.2 Å². The molecule has 1 unspecified atom stereocenters. The monoisotopic (exact) mass is 249 g/mol. The van der Waals surface area contributed by atoms with Crippen molar-refractivity contribution in [2.75, 3.05) is 13.1 Å². The van der Waals surface area contributed by atoms with Gasteiger partial charge in [0.1, 0.15) is 5.82 Å². The molecule has 1 aliphatic heterocycles. The summed E-state index contributed by atoms with van der Waals surface area (Å²) in [6.45, 7) is 1.90. The lowest BCUT2D eigenvalue weighted by atomic mass is 10.1. The number of H-pyrrole nitrogens is 1. The number of halogens is 2. The molecule has 94 valence electrons. The second kappa shape index (κ2) is 4.49. The van der Waals surface area contributed by atoms with Crippen molar-refractivity contribution in [1.29, 1.82) is 0 Å². The first kappa shape index (κ1) is 11.3. The maximum absolute atomic E-state index is 13.2. The summed E-state index contributed by atoms with van der Waals surface area (Å²) in [5, 5.41) is 3.27. The Morgan fingerprint density at radius 3 is 2.83 bits per heavy atom. The molecule has 5 heteroatoms. The van der Waals surface area contributed by atoms with Crippen LogP contribution >= 0.6 is 0 Å². The fraction of sp³-hybridized carbons (Fsp3) is 0.308. The minimum absolute atomic E-state index is 0.379. The maximum atomic E-state index is 13.2. The summed E-state index contributed by atoms with van der Waals surface area (Å²) in [6.07, 6.45) is 2.71. The van der Waals surface area contributed by atoms with Crippen molar-refractivity contribution in [3.63, 3.8) is 0 Å². The predicted octanol–water partition coefficient (Wildman–Crippen LogP) is 2.43. The van der Waals surface area contributed by atoms with Crippen LogP contribution in [0.3, 0.4) is 0 Å². The van der Waals surface area contributed by atoms with Gasteiger partial charge in [-0.15, -0.1) is 0 Å². The number of aromatic nitrogens is 2. The Morgan fingerprint density at radius 2 is 2.11 bits per heavy atom. The summed E-state index contributed by atoms with van der Waals surface area (Å²) in [6, 6.07) is 3.85. The minimum Gasteiger partial charge on any atom is -0.342 e. The summed E-state index contributed by atoms with van der Waals surface area (Å²) in [4.78, 5) is 7.49. The van der Waals surface area contributed by atoms with E-state index in [9.17, 15) is 8.78 Å². The first-order valence-electron chi connectivity index (χ1n) is 5.95. The van der Waals surface area contributed by atoms with E-state index in [0.29, 0.717) is 11.5 Å². The van der Waals surface area contributed by atoms with E-state index in [4.69, 9.17) is 0 Å². The molecule has 3 rings (SSSR count). The smallest absolute Gasteiger partial charge is 0.159 e. The van der Waals surface area contributed by atoms with Gasteiger partial charge in [-0.3, -0.25) is 0 Å². The van der Waals surface area contributed by atoms with Gasteiger partial charge in [0.25, 0.3) is 0 Å². The topological polar surface area (TPSA) is 40.7 Å². The third kappa shape index (κ3) is 2.01. The fourth-order valence-electron chi connectivity index (χ4n) is 2.24. The zero-order valence-electron chi connectivity index (χ0n) is 9.71. The predicted molar refractivity (Wildman–Crippen MR) is 64.2 cm³/mol. The van der Waals surface area contributed by atoms with Gasteiger partial charge in [0.15, 0.2) is 11.6 Å². The third-order valence-corrected chi connectivity index (χ3v) is 3.27.